The number of hydrogen-bond acceptors (Lipinski definition) is 6. The van der Waals surface area contributed by atoms with Crippen LogP contribution in [0.1, 0.15) is 161 Å². The number of hydrogen-bond donors (Lipinski definition) is 1. The Morgan fingerprint density at radius 3 is 1.52 bits per heavy atom. The molecule has 1 aliphatic rings. The van der Waals surface area contributed by atoms with Gasteiger partial charge in [-0.05, 0) is 122 Å². The molecule has 0 saturated carbocycles. The van der Waals surface area contributed by atoms with E-state index >= 15 is 0 Å². The molecule has 1 aromatic heterocycles. The Bertz CT molecular complexity index is 1670. The highest BCUT2D eigenvalue weighted by molar-refractivity contribution is 5.89. The van der Waals surface area contributed by atoms with Gasteiger partial charge < -0.3 is 14.8 Å². The number of amides is 1. The summed E-state index contributed by atoms with van der Waals surface area (Å²) in [5, 5.41) is 2.75. The molecule has 0 spiro atoms. The Kier molecular flexibility index (Phi) is 32.7. The van der Waals surface area contributed by atoms with Gasteiger partial charge in [-0.25, -0.2) is 4.79 Å². The Hall–Kier alpha value is -4.82. The molecular weight excluding hydrogens is 759 g/mol. The van der Waals surface area contributed by atoms with E-state index in [1.807, 2.05) is 0 Å². The van der Waals surface area contributed by atoms with E-state index in [2.05, 4.69) is 146 Å². The van der Waals surface area contributed by atoms with Crippen molar-refractivity contribution in [3.05, 3.63) is 144 Å². The molecule has 0 aliphatic carbocycles. The highest BCUT2D eigenvalue weighted by atomic mass is 16.6. The summed E-state index contributed by atoms with van der Waals surface area (Å²) < 4.78 is 12.9. The summed E-state index contributed by atoms with van der Waals surface area (Å²) in [6.07, 6.45) is 64.5. The van der Waals surface area contributed by atoms with Crippen LogP contribution < -0.4 is 11.0 Å². The highest BCUT2D eigenvalue weighted by Crippen LogP contribution is 2.27. The van der Waals surface area contributed by atoms with Crippen molar-refractivity contribution >= 4 is 17.7 Å². The zero-order chi connectivity index (χ0) is 43.7. The van der Waals surface area contributed by atoms with Crippen LogP contribution in [0.5, 0.6) is 0 Å². The van der Waals surface area contributed by atoms with Gasteiger partial charge in [0.05, 0.1) is 6.10 Å². The predicted octanol–water partition coefficient (Wildman–Crippen LogP) is 13.8. The van der Waals surface area contributed by atoms with Gasteiger partial charge in [0.1, 0.15) is 18.7 Å². The van der Waals surface area contributed by atoms with Gasteiger partial charge in [0.2, 0.25) is 5.91 Å². The van der Waals surface area contributed by atoms with Crippen molar-refractivity contribution in [2.75, 3.05) is 11.9 Å². The summed E-state index contributed by atoms with van der Waals surface area (Å²) in [5.41, 5.74) is -0.484. The minimum Gasteiger partial charge on any atom is -0.463 e. The monoisotopic (exact) mass is 836 g/mol. The van der Waals surface area contributed by atoms with Crippen LogP contribution in [-0.2, 0) is 19.1 Å². The zero-order valence-corrected chi connectivity index (χ0v) is 37.6. The minimum atomic E-state index is -0.484. The highest BCUT2D eigenvalue weighted by Gasteiger charge is 2.28. The third-order valence-corrected chi connectivity index (χ3v) is 9.76. The second-order valence-corrected chi connectivity index (χ2v) is 15.1. The first-order chi connectivity index (χ1) is 30.0. The number of aromatic nitrogens is 2. The average Bonchev–Trinajstić information content (AvgIpc) is 3.73. The number of esters is 1. The Morgan fingerprint density at radius 2 is 1.07 bits per heavy atom. The number of nitrogens with zero attached hydrogens (tertiary/aromatic N) is 2. The summed E-state index contributed by atoms with van der Waals surface area (Å²) in [5.74, 6) is -0.124. The van der Waals surface area contributed by atoms with Gasteiger partial charge >= 0.3 is 11.7 Å². The molecule has 2 rings (SSSR count). The van der Waals surface area contributed by atoms with Gasteiger partial charge in [-0.15, -0.1) is 0 Å². The number of anilines is 1. The number of carbonyl (C=O) groups is 2. The van der Waals surface area contributed by atoms with Crippen LogP contribution in [0, 0.1) is 0 Å². The molecule has 334 valence electrons. The molecule has 2 atom stereocenters. The number of unbranched alkanes of at least 4 members (excludes halogenated alkanes) is 6. The lowest BCUT2D eigenvalue weighted by Crippen LogP contribution is -2.29. The molecule has 1 amide bonds. The summed E-state index contributed by atoms with van der Waals surface area (Å²) >= 11 is 0. The van der Waals surface area contributed by atoms with E-state index in [9.17, 15) is 14.4 Å². The maximum absolute atomic E-state index is 12.8. The molecule has 8 heteroatoms. The summed E-state index contributed by atoms with van der Waals surface area (Å²) in [6, 6.07) is 1.62. The number of allylic oxidation sites excluding steroid dienone is 20. The van der Waals surface area contributed by atoms with Crippen molar-refractivity contribution in [1.29, 1.82) is 0 Å². The molecule has 8 nitrogen and oxygen atoms in total. The van der Waals surface area contributed by atoms with Crippen molar-refractivity contribution in [3.63, 3.8) is 0 Å². The molecule has 2 heterocycles. The molecular formula is C53H77N3O5. The lowest BCUT2D eigenvalue weighted by Gasteiger charge is -2.16. The Balaban J connectivity index is 1.48. The summed E-state index contributed by atoms with van der Waals surface area (Å²) in [6.45, 7) is 4.47. The summed E-state index contributed by atoms with van der Waals surface area (Å²) in [4.78, 5) is 41.6. The molecule has 0 bridgehead atoms. The van der Waals surface area contributed by atoms with E-state index in [1.165, 1.54) is 4.57 Å². The molecule has 0 radical (unpaired) electrons. The fourth-order valence-corrected chi connectivity index (χ4v) is 6.35. The number of rotatable bonds is 34. The Labute approximate surface area is 368 Å². The number of ether oxygens (including phenoxy) is 2. The molecule has 1 unspecified atom stereocenters. The van der Waals surface area contributed by atoms with Crippen molar-refractivity contribution in [3.8, 4) is 0 Å². The Morgan fingerprint density at radius 1 is 0.623 bits per heavy atom. The van der Waals surface area contributed by atoms with Crippen LogP contribution in [-0.4, -0.2) is 34.1 Å². The maximum Gasteiger partial charge on any atom is 0.351 e. The third kappa shape index (κ3) is 30.0. The predicted molar refractivity (Wildman–Crippen MR) is 256 cm³/mol. The topological polar surface area (TPSA) is 99.5 Å². The second kappa shape index (κ2) is 38.1. The zero-order valence-electron chi connectivity index (χ0n) is 37.6. The minimum absolute atomic E-state index is 0.149. The van der Waals surface area contributed by atoms with Crippen LogP contribution in [0.3, 0.4) is 0 Å². The van der Waals surface area contributed by atoms with Gasteiger partial charge in [0.25, 0.3) is 0 Å². The number of carbonyl (C=O) groups excluding carboxylic acids is 2. The molecule has 1 aromatic rings. The van der Waals surface area contributed by atoms with Crippen molar-refractivity contribution in [2.45, 2.75) is 167 Å². The van der Waals surface area contributed by atoms with Crippen molar-refractivity contribution in [1.82, 2.24) is 9.55 Å². The molecule has 1 aliphatic heterocycles. The molecule has 1 N–H and O–H groups in total. The van der Waals surface area contributed by atoms with E-state index in [-0.39, 0.29) is 30.4 Å². The van der Waals surface area contributed by atoms with Crippen molar-refractivity contribution in [2.24, 2.45) is 0 Å². The SMILES string of the molecule is CC/C=C\C/C=C\C/C=C\C/C=C\C/C=C\CCCCCC(=O)Nc1ccn(C2CC[C@@H](COC(=O)CCCCC/C=C\C/C=C\C/C=C\C/C=C\C/C=C\CC)O2)c(=O)n1. The van der Waals surface area contributed by atoms with Crippen molar-refractivity contribution < 1.29 is 19.1 Å². The van der Waals surface area contributed by atoms with E-state index in [0.717, 1.165) is 116 Å². The average molecular weight is 836 g/mol. The lowest BCUT2D eigenvalue weighted by molar-refractivity contribution is -0.148. The van der Waals surface area contributed by atoms with E-state index in [0.29, 0.717) is 25.7 Å². The smallest absolute Gasteiger partial charge is 0.351 e. The maximum atomic E-state index is 12.8. The van der Waals surface area contributed by atoms with Gasteiger partial charge in [-0.1, -0.05) is 148 Å². The van der Waals surface area contributed by atoms with Gasteiger partial charge in [-0.3, -0.25) is 14.2 Å². The lowest BCUT2D eigenvalue weighted by atomic mass is 10.1. The fraction of sp³-hybridized carbons (Fsp3) is 0.509. The second-order valence-electron chi connectivity index (χ2n) is 15.1. The first kappa shape index (κ1) is 52.3. The van der Waals surface area contributed by atoms with Gasteiger partial charge in [0, 0.05) is 19.0 Å². The van der Waals surface area contributed by atoms with Crippen LogP contribution in [0.2, 0.25) is 0 Å². The fourth-order valence-electron chi connectivity index (χ4n) is 6.35. The van der Waals surface area contributed by atoms with E-state index in [4.69, 9.17) is 9.47 Å². The van der Waals surface area contributed by atoms with Crippen LogP contribution in [0.15, 0.2) is 139 Å². The van der Waals surface area contributed by atoms with Crippen LogP contribution in [0.25, 0.3) is 0 Å². The van der Waals surface area contributed by atoms with Gasteiger partial charge in [-0.2, -0.15) is 4.98 Å². The van der Waals surface area contributed by atoms with Crippen LogP contribution >= 0.6 is 0 Å². The molecule has 61 heavy (non-hydrogen) atoms. The molecule has 0 aromatic carbocycles. The molecule has 1 saturated heterocycles. The largest absolute Gasteiger partial charge is 0.463 e. The van der Waals surface area contributed by atoms with E-state index < -0.39 is 11.9 Å². The summed E-state index contributed by atoms with van der Waals surface area (Å²) in [7, 11) is 0. The first-order valence-corrected chi connectivity index (χ1v) is 23.2. The molecule has 1 fully saturated rings. The third-order valence-electron chi connectivity index (χ3n) is 9.76. The quantitative estimate of drug-likeness (QED) is 0.0422. The van der Waals surface area contributed by atoms with Crippen LogP contribution in [0.4, 0.5) is 5.82 Å². The first-order valence-electron chi connectivity index (χ1n) is 23.2. The number of nitrogens with one attached hydrogen (secondary N) is 1. The standard InChI is InChI=1S/C53H77N3O5/c1-3-5-7-9-11-13-15-17-19-21-23-25-27-29-31-33-35-37-39-41-50(57)54-49-45-46-56(53(59)55-49)51-44-43-48(61-51)47-60-52(58)42-40-38-36-34-32-30-28-26-24-22-20-18-16-14-12-10-8-6-4-2/h5-8,11-14,17-20,23-26,29-32,45-46,48,51H,3-4,9-10,15-16,21-22,27-28,33-44,47H2,1-2H3,(H,54,55,57,59)/b7-5-,8-6-,13-11-,14-12-,19-17-,20-18-,25-23-,26-24-,31-29-,32-30-/t48-,51?/m0/s1. The normalized spacial score (nSPS) is 16.4. The van der Waals surface area contributed by atoms with Gasteiger partial charge in [0.15, 0.2) is 0 Å². The van der Waals surface area contributed by atoms with E-state index in [1.54, 1.807) is 12.3 Å².